The van der Waals surface area contributed by atoms with E-state index < -0.39 is 97.5 Å². The molecule has 0 aliphatic heterocycles. The van der Waals surface area contributed by atoms with Crippen LogP contribution < -0.4 is 0 Å². The normalized spacial score (nSPS) is 13.9. The molecule has 0 bridgehead atoms. The van der Waals surface area contributed by atoms with E-state index in [1.54, 1.807) is 0 Å². The van der Waals surface area contributed by atoms with Gasteiger partial charge in [-0.25, -0.2) is 9.13 Å². The fourth-order valence-corrected chi connectivity index (χ4v) is 16.4. The number of phosphoric ester groups is 2. The van der Waals surface area contributed by atoms with Gasteiger partial charge < -0.3 is 33.8 Å². The molecule has 0 rings (SSSR count). The maximum absolute atomic E-state index is 13.2. The summed E-state index contributed by atoms with van der Waals surface area (Å²) >= 11 is 0. The van der Waals surface area contributed by atoms with E-state index in [-0.39, 0.29) is 25.7 Å². The van der Waals surface area contributed by atoms with Crippen molar-refractivity contribution >= 4 is 39.5 Å². The number of esters is 4. The van der Waals surface area contributed by atoms with Gasteiger partial charge in [0.25, 0.3) is 0 Å². The molecule has 3 N–H and O–H groups in total. The van der Waals surface area contributed by atoms with Gasteiger partial charge in [-0.05, 0) is 37.5 Å². The Morgan fingerprint density at radius 3 is 0.673 bits per heavy atom. The van der Waals surface area contributed by atoms with Gasteiger partial charge in [0.15, 0.2) is 12.2 Å². The zero-order valence-electron chi connectivity index (χ0n) is 74.7. The van der Waals surface area contributed by atoms with Crippen LogP contribution in [0.15, 0.2) is 0 Å². The quantitative estimate of drug-likeness (QED) is 0.0222. The van der Waals surface area contributed by atoms with E-state index in [0.29, 0.717) is 31.6 Å². The Hall–Kier alpha value is -1.94. The Morgan fingerprint density at radius 1 is 0.257 bits per heavy atom. The average Bonchev–Trinajstić information content (AvgIpc) is 0.898. The van der Waals surface area contributed by atoms with E-state index in [2.05, 4.69) is 41.5 Å². The van der Waals surface area contributed by atoms with Crippen molar-refractivity contribution in [3.05, 3.63) is 0 Å². The summed E-state index contributed by atoms with van der Waals surface area (Å²) in [6.45, 7) is 9.70. The van der Waals surface area contributed by atoms with E-state index in [0.717, 1.165) is 102 Å². The molecule has 0 radical (unpaired) electrons. The van der Waals surface area contributed by atoms with Gasteiger partial charge in [0.1, 0.15) is 19.3 Å². The van der Waals surface area contributed by atoms with Gasteiger partial charge in [-0.3, -0.25) is 37.3 Å². The highest BCUT2D eigenvalue weighted by Crippen LogP contribution is 2.45. The van der Waals surface area contributed by atoms with Crippen molar-refractivity contribution in [2.24, 2.45) is 11.8 Å². The Kier molecular flexibility index (Phi) is 83.6. The summed E-state index contributed by atoms with van der Waals surface area (Å²) in [6.07, 6.45) is 81.0. The topological polar surface area (TPSA) is 237 Å². The number of hydrogen-bond acceptors (Lipinski definition) is 15. The predicted molar refractivity (Wildman–Crippen MR) is 469 cm³/mol. The molecule has 113 heavy (non-hydrogen) atoms. The highest BCUT2D eigenvalue weighted by molar-refractivity contribution is 7.47. The van der Waals surface area contributed by atoms with Gasteiger partial charge in [0.2, 0.25) is 0 Å². The molecule has 19 heteroatoms. The summed E-state index contributed by atoms with van der Waals surface area (Å²) < 4.78 is 69.1. The van der Waals surface area contributed by atoms with Crippen LogP contribution in [0.25, 0.3) is 0 Å². The fourth-order valence-electron chi connectivity index (χ4n) is 14.8. The van der Waals surface area contributed by atoms with E-state index >= 15 is 0 Å². The van der Waals surface area contributed by atoms with Crippen molar-refractivity contribution < 1.29 is 80.2 Å². The lowest BCUT2D eigenvalue weighted by molar-refractivity contribution is -0.161. The van der Waals surface area contributed by atoms with Crippen molar-refractivity contribution in [2.45, 2.75) is 529 Å². The van der Waals surface area contributed by atoms with Crippen LogP contribution in [0.2, 0.25) is 0 Å². The lowest BCUT2D eigenvalue weighted by Crippen LogP contribution is -2.30. The van der Waals surface area contributed by atoms with E-state index in [9.17, 15) is 43.2 Å². The number of carbonyl (C=O) groups is 4. The Labute approximate surface area is 696 Å². The number of rotatable bonds is 93. The van der Waals surface area contributed by atoms with Crippen molar-refractivity contribution in [2.75, 3.05) is 39.6 Å². The maximum Gasteiger partial charge on any atom is 0.472 e. The first-order valence-corrected chi connectivity index (χ1v) is 51.5. The molecular weight excluding hydrogens is 1460 g/mol. The monoisotopic (exact) mass is 1650 g/mol. The molecule has 0 saturated carbocycles. The third kappa shape index (κ3) is 86.3. The molecule has 17 nitrogen and oxygen atoms in total. The van der Waals surface area contributed by atoms with Gasteiger partial charge in [-0.2, -0.15) is 0 Å². The first-order valence-electron chi connectivity index (χ1n) is 48.5. The van der Waals surface area contributed by atoms with Crippen LogP contribution >= 0.6 is 15.6 Å². The second-order valence-electron chi connectivity index (χ2n) is 34.5. The lowest BCUT2D eigenvalue weighted by Gasteiger charge is -2.21. The van der Waals surface area contributed by atoms with Crippen LogP contribution in [0.4, 0.5) is 0 Å². The maximum atomic E-state index is 13.2. The molecule has 0 aromatic rings. The molecule has 0 fully saturated rings. The van der Waals surface area contributed by atoms with Crippen LogP contribution in [-0.2, 0) is 65.4 Å². The molecule has 0 heterocycles. The van der Waals surface area contributed by atoms with E-state index in [1.165, 1.54) is 321 Å². The average molecular weight is 1650 g/mol. The Balaban J connectivity index is 5.18. The minimum atomic E-state index is -4.97. The van der Waals surface area contributed by atoms with Gasteiger partial charge in [-0.1, -0.05) is 459 Å². The first-order chi connectivity index (χ1) is 54.9. The second-order valence-corrected chi connectivity index (χ2v) is 37.4. The van der Waals surface area contributed by atoms with Crippen molar-refractivity contribution in [1.29, 1.82) is 0 Å². The zero-order chi connectivity index (χ0) is 82.7. The highest BCUT2D eigenvalue weighted by atomic mass is 31.2. The number of unbranched alkanes of at least 4 members (excludes halogenated alkanes) is 62. The molecule has 0 spiro atoms. The minimum Gasteiger partial charge on any atom is -0.462 e. The lowest BCUT2D eigenvalue weighted by atomic mass is 9.99. The van der Waals surface area contributed by atoms with Crippen LogP contribution in [0, 0.1) is 11.8 Å². The van der Waals surface area contributed by atoms with Gasteiger partial charge >= 0.3 is 39.5 Å². The van der Waals surface area contributed by atoms with E-state index in [1.807, 2.05) is 0 Å². The number of hydrogen-bond donors (Lipinski definition) is 3. The standard InChI is InChI=1S/C94H184O17P2/c1-7-10-12-14-16-18-20-22-24-26-28-30-32-37-41-45-49-53-57-64-70-76-91(96)104-82-89(110-93(98)78-72-66-59-55-51-47-43-39-35-34-36-40-44-48-52-56-63-69-75-87(6)9-3)84-108-112(100,101)106-80-88(95)81-107-113(102,103)109-85-90(83-105-92(97)77-71-65-61-60-62-68-74-86(4)5)111-94(99)79-73-67-58-54-50-46-42-38-33-31-29-27-25-23-21-19-17-15-13-11-8-2/h86-90,95H,7-85H2,1-6H3,(H,100,101)(H,102,103)/t87?,88-,89-,90-/m1/s1. The summed E-state index contributed by atoms with van der Waals surface area (Å²) in [6, 6.07) is 0. The van der Waals surface area contributed by atoms with Crippen LogP contribution in [0.3, 0.4) is 0 Å². The molecule has 0 aromatic heterocycles. The SMILES string of the molecule is CCCCCCCCCCCCCCCCCCCCCCCC(=O)OC[C@H](COP(=O)(O)OC[C@@H](O)COP(=O)(O)OC[C@@H](COC(=O)CCCCCCCCC(C)C)OC(=O)CCCCCCCCCCCCCCCCCCCCCCC)OC(=O)CCCCCCCCCCCCCCCCCCCCC(C)CC. The molecule has 672 valence electrons. The third-order valence-corrected chi connectivity index (χ3v) is 24.5. The molecule has 0 saturated heterocycles. The summed E-state index contributed by atoms with van der Waals surface area (Å²) in [5.74, 6) is -0.547. The summed E-state index contributed by atoms with van der Waals surface area (Å²) in [4.78, 5) is 73.4. The van der Waals surface area contributed by atoms with Crippen molar-refractivity contribution in [3.63, 3.8) is 0 Å². The van der Waals surface area contributed by atoms with Gasteiger partial charge in [0.05, 0.1) is 26.4 Å². The summed E-state index contributed by atoms with van der Waals surface area (Å²) in [5.41, 5.74) is 0. The largest absolute Gasteiger partial charge is 0.472 e. The van der Waals surface area contributed by atoms with Crippen molar-refractivity contribution in [1.82, 2.24) is 0 Å². The number of ether oxygens (including phenoxy) is 4. The minimum absolute atomic E-state index is 0.108. The molecule has 0 aliphatic carbocycles. The van der Waals surface area contributed by atoms with Crippen molar-refractivity contribution in [3.8, 4) is 0 Å². The molecule has 0 aliphatic rings. The summed E-state index contributed by atoms with van der Waals surface area (Å²) in [5, 5.41) is 10.7. The fraction of sp³-hybridized carbons (Fsp3) is 0.957. The first kappa shape index (κ1) is 111. The zero-order valence-corrected chi connectivity index (χ0v) is 76.5. The van der Waals surface area contributed by atoms with Gasteiger partial charge in [-0.15, -0.1) is 0 Å². The third-order valence-electron chi connectivity index (χ3n) is 22.6. The Bertz CT molecular complexity index is 2150. The molecule has 6 atom stereocenters. The predicted octanol–water partition coefficient (Wildman–Crippen LogP) is 29.4. The Morgan fingerprint density at radius 2 is 0.451 bits per heavy atom. The van der Waals surface area contributed by atoms with Crippen LogP contribution in [-0.4, -0.2) is 96.7 Å². The number of aliphatic hydroxyl groups is 1. The van der Waals surface area contributed by atoms with Crippen LogP contribution in [0.5, 0.6) is 0 Å². The van der Waals surface area contributed by atoms with E-state index in [4.69, 9.17) is 37.0 Å². The number of aliphatic hydroxyl groups excluding tert-OH is 1. The number of carbonyl (C=O) groups excluding carboxylic acids is 4. The van der Waals surface area contributed by atoms with Crippen LogP contribution in [0.1, 0.15) is 510 Å². The summed E-state index contributed by atoms with van der Waals surface area (Å²) in [7, 11) is -9.94. The van der Waals surface area contributed by atoms with Gasteiger partial charge in [0, 0.05) is 25.7 Å². The molecule has 0 amide bonds. The molecule has 0 aromatic carbocycles. The molecular formula is C94H184O17P2. The smallest absolute Gasteiger partial charge is 0.462 e. The highest BCUT2D eigenvalue weighted by Gasteiger charge is 2.31. The number of phosphoric acid groups is 2. The molecule has 3 unspecified atom stereocenters. The second kappa shape index (κ2) is 85.1.